The molecule has 1 aromatic carbocycles. The van der Waals surface area contributed by atoms with E-state index in [1.807, 2.05) is 0 Å². The van der Waals surface area contributed by atoms with Gasteiger partial charge < -0.3 is 9.30 Å². The van der Waals surface area contributed by atoms with E-state index in [9.17, 15) is 0 Å². The van der Waals surface area contributed by atoms with Gasteiger partial charge in [-0.25, -0.2) is 4.98 Å². The molecule has 0 N–H and O–H groups in total. The van der Waals surface area contributed by atoms with Crippen LogP contribution in [-0.2, 0) is 17.2 Å². The molecule has 0 saturated heterocycles. The summed E-state index contributed by atoms with van der Waals surface area (Å²) >= 11 is 5.99. The Morgan fingerprint density at radius 1 is 1.42 bits per heavy atom. The number of imidazole rings is 1. The molecule has 19 heavy (non-hydrogen) atoms. The average molecular weight is 279 g/mol. The van der Waals surface area contributed by atoms with Crippen LogP contribution in [0.5, 0.6) is 0 Å². The lowest BCUT2D eigenvalue weighted by atomic mass is 10.2. The van der Waals surface area contributed by atoms with Crippen LogP contribution in [0.4, 0.5) is 0 Å². The van der Waals surface area contributed by atoms with Gasteiger partial charge in [0.2, 0.25) is 0 Å². The van der Waals surface area contributed by atoms with E-state index in [0.717, 1.165) is 42.5 Å². The molecule has 2 aromatic rings. The summed E-state index contributed by atoms with van der Waals surface area (Å²) in [6.45, 7) is 4.55. The molecule has 0 spiro atoms. The van der Waals surface area contributed by atoms with Crippen LogP contribution in [0.3, 0.4) is 0 Å². The highest BCUT2D eigenvalue weighted by Gasteiger charge is 2.21. The lowest BCUT2D eigenvalue weighted by molar-refractivity contribution is 0.117. The van der Waals surface area contributed by atoms with Crippen molar-refractivity contribution in [3.63, 3.8) is 0 Å². The summed E-state index contributed by atoms with van der Waals surface area (Å²) in [6.07, 6.45) is 2.67. The fraction of sp³-hybridized carbons (Fsp3) is 0.533. The maximum absolute atomic E-state index is 5.99. The lowest BCUT2D eigenvalue weighted by Gasteiger charge is -2.08. The molecule has 1 saturated carbocycles. The van der Waals surface area contributed by atoms with Gasteiger partial charge in [0.1, 0.15) is 5.82 Å². The number of rotatable bonds is 6. The number of hydrogen-bond donors (Lipinski definition) is 0. The molecule has 3 rings (SSSR count). The third kappa shape index (κ3) is 2.93. The minimum Gasteiger partial charge on any atom is -0.379 e. The highest BCUT2D eigenvalue weighted by molar-refractivity contribution is 6.16. The van der Waals surface area contributed by atoms with Crippen LogP contribution >= 0.6 is 11.6 Å². The Bertz CT molecular complexity index is 575. The van der Waals surface area contributed by atoms with Crippen molar-refractivity contribution in [3.8, 4) is 0 Å². The second kappa shape index (κ2) is 5.51. The van der Waals surface area contributed by atoms with E-state index in [1.165, 1.54) is 18.4 Å². The SMILES string of the molecule is Cc1ccc2c(c1)nc(CCl)n2CCOCC1CC1. The number of aromatic nitrogens is 2. The van der Waals surface area contributed by atoms with Gasteiger partial charge in [-0.2, -0.15) is 0 Å². The molecule has 1 heterocycles. The summed E-state index contributed by atoms with van der Waals surface area (Å²) in [7, 11) is 0. The number of hydrogen-bond acceptors (Lipinski definition) is 2. The van der Waals surface area contributed by atoms with E-state index in [1.54, 1.807) is 0 Å². The van der Waals surface area contributed by atoms with Crippen LogP contribution < -0.4 is 0 Å². The average Bonchev–Trinajstić information content (AvgIpc) is 3.16. The van der Waals surface area contributed by atoms with Gasteiger partial charge >= 0.3 is 0 Å². The predicted octanol–water partition coefficient (Wildman–Crippen LogP) is 3.51. The fourth-order valence-electron chi connectivity index (χ4n) is 2.33. The number of nitrogens with zero attached hydrogens (tertiary/aromatic N) is 2. The van der Waals surface area contributed by atoms with E-state index >= 15 is 0 Å². The molecule has 1 aromatic heterocycles. The van der Waals surface area contributed by atoms with Crippen molar-refractivity contribution >= 4 is 22.6 Å². The molecule has 0 bridgehead atoms. The predicted molar refractivity (Wildman–Crippen MR) is 77.6 cm³/mol. The third-order valence-corrected chi connectivity index (χ3v) is 3.85. The topological polar surface area (TPSA) is 27.1 Å². The van der Waals surface area contributed by atoms with E-state index in [-0.39, 0.29) is 0 Å². The highest BCUT2D eigenvalue weighted by atomic mass is 35.5. The molecule has 0 amide bonds. The van der Waals surface area contributed by atoms with Crippen LogP contribution in [0.2, 0.25) is 0 Å². The van der Waals surface area contributed by atoms with E-state index in [2.05, 4.69) is 34.7 Å². The molecule has 1 aliphatic carbocycles. The maximum Gasteiger partial charge on any atom is 0.124 e. The van der Waals surface area contributed by atoms with Crippen molar-refractivity contribution in [2.75, 3.05) is 13.2 Å². The van der Waals surface area contributed by atoms with Gasteiger partial charge in [-0.05, 0) is 43.4 Å². The van der Waals surface area contributed by atoms with Crippen LogP contribution in [0.1, 0.15) is 24.2 Å². The molecule has 0 radical (unpaired) electrons. The van der Waals surface area contributed by atoms with E-state index in [4.69, 9.17) is 16.3 Å². The zero-order valence-corrected chi connectivity index (χ0v) is 12.0. The molecular weight excluding hydrogens is 260 g/mol. The zero-order valence-electron chi connectivity index (χ0n) is 11.2. The van der Waals surface area contributed by atoms with E-state index < -0.39 is 0 Å². The third-order valence-electron chi connectivity index (χ3n) is 3.61. The molecule has 102 valence electrons. The van der Waals surface area contributed by atoms with Crippen molar-refractivity contribution in [1.82, 2.24) is 9.55 Å². The van der Waals surface area contributed by atoms with Crippen LogP contribution in [-0.4, -0.2) is 22.8 Å². The highest BCUT2D eigenvalue weighted by Crippen LogP contribution is 2.28. The van der Waals surface area contributed by atoms with Crippen molar-refractivity contribution in [2.24, 2.45) is 5.92 Å². The smallest absolute Gasteiger partial charge is 0.124 e. The maximum atomic E-state index is 5.99. The zero-order chi connectivity index (χ0) is 13.2. The Morgan fingerprint density at radius 3 is 3.00 bits per heavy atom. The normalized spacial score (nSPS) is 15.3. The van der Waals surface area contributed by atoms with Gasteiger partial charge in [0.25, 0.3) is 0 Å². The summed E-state index contributed by atoms with van der Waals surface area (Å²) in [4.78, 5) is 4.59. The Kier molecular flexibility index (Phi) is 3.76. The standard InChI is InChI=1S/C15H19ClN2O/c1-11-2-5-14-13(8-11)17-15(9-16)18(14)6-7-19-10-12-3-4-12/h2,5,8,12H,3-4,6-7,9-10H2,1H3. The fourth-order valence-corrected chi connectivity index (χ4v) is 2.54. The largest absolute Gasteiger partial charge is 0.379 e. The number of benzene rings is 1. The first kappa shape index (κ1) is 12.9. The number of alkyl halides is 1. The quantitative estimate of drug-likeness (QED) is 0.597. The second-order valence-electron chi connectivity index (χ2n) is 5.32. The van der Waals surface area contributed by atoms with E-state index in [0.29, 0.717) is 5.88 Å². The van der Waals surface area contributed by atoms with Gasteiger partial charge in [-0.1, -0.05) is 6.07 Å². The van der Waals surface area contributed by atoms with Gasteiger partial charge in [0.05, 0.1) is 23.5 Å². The van der Waals surface area contributed by atoms with Crippen molar-refractivity contribution in [1.29, 1.82) is 0 Å². The summed E-state index contributed by atoms with van der Waals surface area (Å²) in [5, 5.41) is 0. The summed E-state index contributed by atoms with van der Waals surface area (Å²) in [6, 6.07) is 6.34. The molecule has 0 atom stereocenters. The first-order chi connectivity index (χ1) is 9.28. The summed E-state index contributed by atoms with van der Waals surface area (Å²) in [5.41, 5.74) is 3.40. The molecule has 0 aliphatic heterocycles. The Morgan fingerprint density at radius 2 is 2.26 bits per heavy atom. The number of fused-ring (bicyclic) bond motifs is 1. The van der Waals surface area contributed by atoms with Gasteiger partial charge in [0, 0.05) is 13.2 Å². The molecule has 1 fully saturated rings. The first-order valence-electron chi connectivity index (χ1n) is 6.87. The molecular formula is C15H19ClN2O. The summed E-state index contributed by atoms with van der Waals surface area (Å²) < 4.78 is 7.89. The Labute approximate surface area is 118 Å². The number of halogens is 1. The van der Waals surface area contributed by atoms with Gasteiger partial charge in [-0.15, -0.1) is 11.6 Å². The second-order valence-corrected chi connectivity index (χ2v) is 5.59. The van der Waals surface area contributed by atoms with Crippen molar-refractivity contribution in [2.45, 2.75) is 32.2 Å². The van der Waals surface area contributed by atoms with Crippen LogP contribution in [0.15, 0.2) is 18.2 Å². The van der Waals surface area contributed by atoms with Crippen molar-refractivity contribution in [3.05, 3.63) is 29.6 Å². The number of aryl methyl sites for hydroxylation is 1. The minimum atomic E-state index is 0.441. The summed E-state index contributed by atoms with van der Waals surface area (Å²) in [5.74, 6) is 2.18. The molecule has 3 nitrogen and oxygen atoms in total. The Hall–Kier alpha value is -1.06. The van der Waals surface area contributed by atoms with Gasteiger partial charge in [0.15, 0.2) is 0 Å². The van der Waals surface area contributed by atoms with Crippen LogP contribution in [0.25, 0.3) is 11.0 Å². The first-order valence-corrected chi connectivity index (χ1v) is 7.41. The molecule has 0 unspecified atom stereocenters. The number of ether oxygens (including phenoxy) is 1. The Balaban J connectivity index is 1.75. The lowest BCUT2D eigenvalue weighted by Crippen LogP contribution is -2.09. The van der Waals surface area contributed by atoms with Gasteiger partial charge in [-0.3, -0.25) is 0 Å². The minimum absolute atomic E-state index is 0.441. The monoisotopic (exact) mass is 278 g/mol. The van der Waals surface area contributed by atoms with Crippen molar-refractivity contribution < 1.29 is 4.74 Å². The molecule has 1 aliphatic rings. The van der Waals surface area contributed by atoms with Crippen LogP contribution in [0, 0.1) is 12.8 Å². The molecule has 4 heteroatoms.